The second-order valence-electron chi connectivity index (χ2n) is 5.75. The molecule has 1 aliphatic heterocycles. The van der Waals surface area contributed by atoms with Crippen molar-refractivity contribution in [2.24, 2.45) is 0 Å². The molecule has 0 fully saturated rings. The number of hydrogen-bond donors (Lipinski definition) is 3. The average molecular weight is 348 g/mol. The number of carbonyl (C=O) groups is 1. The maximum Gasteiger partial charge on any atom is 0.378 e. The number of hydrogen-bond acceptors (Lipinski definition) is 8. The summed E-state index contributed by atoms with van der Waals surface area (Å²) in [4.78, 5) is 21.7. The van der Waals surface area contributed by atoms with E-state index in [-0.39, 0.29) is 18.1 Å². The van der Waals surface area contributed by atoms with E-state index < -0.39 is 30.9 Å². The van der Waals surface area contributed by atoms with Crippen LogP contribution in [0.4, 0.5) is 0 Å². The number of cyclic esters (lactones) is 1. The van der Waals surface area contributed by atoms with E-state index in [0.717, 1.165) is 32.1 Å². The Hall–Kier alpha value is -1.35. The molecular weight excluding hydrogens is 320 g/mol. The van der Waals surface area contributed by atoms with Gasteiger partial charge in [0.1, 0.15) is 12.7 Å². The van der Waals surface area contributed by atoms with Crippen LogP contribution in [0.5, 0.6) is 0 Å². The van der Waals surface area contributed by atoms with Gasteiger partial charge in [-0.15, -0.1) is 0 Å². The third-order valence-electron chi connectivity index (χ3n) is 3.39. The van der Waals surface area contributed by atoms with Crippen LogP contribution >= 0.6 is 0 Å². The van der Waals surface area contributed by atoms with Crippen molar-refractivity contribution in [1.82, 2.24) is 0 Å². The summed E-state index contributed by atoms with van der Waals surface area (Å²) in [6, 6.07) is 0. The SMILES string of the molecule is CCCCCCCOC1=C(OOCC(C)O)[C@@H]([C@@H](O)CO)OC1=O. The summed E-state index contributed by atoms with van der Waals surface area (Å²) in [6.45, 7) is 3.18. The predicted octanol–water partition coefficient (Wildman–Crippen LogP) is 0.793. The van der Waals surface area contributed by atoms with Crippen LogP contribution in [0.15, 0.2) is 11.5 Å². The molecule has 140 valence electrons. The highest BCUT2D eigenvalue weighted by Gasteiger charge is 2.43. The smallest absolute Gasteiger partial charge is 0.378 e. The van der Waals surface area contributed by atoms with Crippen LogP contribution in [0, 0.1) is 0 Å². The van der Waals surface area contributed by atoms with Gasteiger partial charge in [0.05, 0.1) is 19.3 Å². The van der Waals surface area contributed by atoms with Gasteiger partial charge < -0.3 is 29.7 Å². The minimum Gasteiger partial charge on any atom is -0.484 e. The fraction of sp³-hybridized carbons (Fsp3) is 0.812. The van der Waals surface area contributed by atoms with Gasteiger partial charge in [-0.3, -0.25) is 0 Å². The van der Waals surface area contributed by atoms with Gasteiger partial charge in [-0.1, -0.05) is 32.6 Å². The number of ether oxygens (including phenoxy) is 2. The lowest BCUT2D eigenvalue weighted by atomic mass is 10.1. The summed E-state index contributed by atoms with van der Waals surface area (Å²) in [5.74, 6) is -1.08. The lowest BCUT2D eigenvalue weighted by molar-refractivity contribution is -0.284. The monoisotopic (exact) mass is 348 g/mol. The molecule has 1 unspecified atom stereocenters. The minimum atomic E-state index is -1.36. The zero-order valence-corrected chi connectivity index (χ0v) is 14.3. The minimum absolute atomic E-state index is 0.129. The van der Waals surface area contributed by atoms with Crippen molar-refractivity contribution in [1.29, 1.82) is 0 Å². The molecule has 8 heteroatoms. The van der Waals surface area contributed by atoms with Gasteiger partial charge in [0, 0.05) is 0 Å². The Bertz CT molecular complexity index is 407. The largest absolute Gasteiger partial charge is 0.484 e. The second kappa shape index (κ2) is 11.2. The lowest BCUT2D eigenvalue weighted by Gasteiger charge is -2.17. The molecule has 3 N–H and O–H groups in total. The van der Waals surface area contributed by atoms with Crippen LogP contribution in [0.3, 0.4) is 0 Å². The van der Waals surface area contributed by atoms with Gasteiger partial charge in [-0.2, -0.15) is 4.89 Å². The predicted molar refractivity (Wildman–Crippen MR) is 83.4 cm³/mol. The van der Waals surface area contributed by atoms with E-state index in [1.165, 1.54) is 6.92 Å². The first-order valence-electron chi connectivity index (χ1n) is 8.35. The molecule has 24 heavy (non-hydrogen) atoms. The molecule has 0 spiro atoms. The summed E-state index contributed by atoms with van der Waals surface area (Å²) in [7, 11) is 0. The van der Waals surface area contributed by atoms with Crippen LogP contribution in [0.2, 0.25) is 0 Å². The van der Waals surface area contributed by atoms with E-state index in [9.17, 15) is 9.90 Å². The first-order valence-corrected chi connectivity index (χ1v) is 8.35. The third-order valence-corrected chi connectivity index (χ3v) is 3.39. The number of aliphatic hydroxyl groups is 3. The second-order valence-corrected chi connectivity index (χ2v) is 5.75. The first-order chi connectivity index (χ1) is 11.5. The highest BCUT2D eigenvalue weighted by molar-refractivity contribution is 5.89. The molecule has 0 saturated carbocycles. The van der Waals surface area contributed by atoms with Crippen LogP contribution in [-0.2, 0) is 24.0 Å². The summed E-state index contributed by atoms with van der Waals surface area (Å²) in [6.07, 6.45) is 1.80. The zero-order valence-electron chi connectivity index (χ0n) is 14.3. The normalized spacial score (nSPS) is 20.0. The number of aliphatic hydroxyl groups excluding tert-OH is 3. The topological polar surface area (TPSA) is 115 Å². The Morgan fingerprint density at radius 3 is 2.54 bits per heavy atom. The summed E-state index contributed by atoms with van der Waals surface area (Å²) in [5.41, 5.74) is 0. The van der Waals surface area contributed by atoms with Crippen molar-refractivity contribution in [2.45, 2.75) is 64.3 Å². The first kappa shape index (κ1) is 20.7. The summed E-state index contributed by atoms with van der Waals surface area (Å²) < 4.78 is 10.4. The van der Waals surface area contributed by atoms with Gasteiger partial charge in [0.2, 0.25) is 5.76 Å². The molecule has 0 aliphatic carbocycles. The molecule has 0 bridgehead atoms. The van der Waals surface area contributed by atoms with Gasteiger partial charge in [-0.25, -0.2) is 4.79 Å². The Balaban J connectivity index is 2.64. The van der Waals surface area contributed by atoms with Crippen LogP contribution in [0.1, 0.15) is 46.0 Å². The van der Waals surface area contributed by atoms with E-state index in [0.29, 0.717) is 6.61 Å². The number of carbonyl (C=O) groups excluding carboxylic acids is 1. The molecule has 8 nitrogen and oxygen atoms in total. The van der Waals surface area contributed by atoms with E-state index in [4.69, 9.17) is 29.5 Å². The highest BCUT2D eigenvalue weighted by atomic mass is 17.2. The van der Waals surface area contributed by atoms with Crippen molar-refractivity contribution in [3.8, 4) is 0 Å². The quantitative estimate of drug-likeness (QED) is 0.194. The van der Waals surface area contributed by atoms with Crippen molar-refractivity contribution < 1.29 is 39.4 Å². The van der Waals surface area contributed by atoms with Gasteiger partial charge in [-0.05, 0) is 13.3 Å². The molecule has 0 aromatic rings. The fourth-order valence-corrected chi connectivity index (χ4v) is 2.09. The molecule has 0 aromatic carbocycles. The van der Waals surface area contributed by atoms with Gasteiger partial charge in [0.25, 0.3) is 5.76 Å². The maximum atomic E-state index is 11.9. The molecule has 3 atom stereocenters. The zero-order chi connectivity index (χ0) is 17.9. The van der Waals surface area contributed by atoms with Crippen molar-refractivity contribution in [2.75, 3.05) is 19.8 Å². The molecule has 1 rings (SSSR count). The Kier molecular flexibility index (Phi) is 9.70. The maximum absolute atomic E-state index is 11.9. The Morgan fingerprint density at radius 2 is 1.92 bits per heavy atom. The van der Waals surface area contributed by atoms with Crippen LogP contribution in [0.25, 0.3) is 0 Å². The highest BCUT2D eigenvalue weighted by Crippen LogP contribution is 2.27. The Labute approximate surface area is 141 Å². The third kappa shape index (κ3) is 6.64. The number of rotatable bonds is 13. The fourth-order valence-electron chi connectivity index (χ4n) is 2.09. The van der Waals surface area contributed by atoms with Gasteiger partial charge in [0.15, 0.2) is 6.10 Å². The summed E-state index contributed by atoms with van der Waals surface area (Å²) >= 11 is 0. The lowest BCUT2D eigenvalue weighted by Crippen LogP contribution is -2.32. The molecule has 1 aliphatic rings. The molecule has 0 amide bonds. The van der Waals surface area contributed by atoms with Crippen LogP contribution < -0.4 is 0 Å². The molecule has 0 radical (unpaired) electrons. The van der Waals surface area contributed by atoms with Crippen molar-refractivity contribution >= 4 is 5.97 Å². The van der Waals surface area contributed by atoms with E-state index in [1.54, 1.807) is 0 Å². The molecular formula is C16H28O8. The van der Waals surface area contributed by atoms with E-state index in [2.05, 4.69) is 6.92 Å². The van der Waals surface area contributed by atoms with E-state index >= 15 is 0 Å². The molecule has 0 saturated heterocycles. The molecule has 0 aromatic heterocycles. The van der Waals surface area contributed by atoms with Gasteiger partial charge >= 0.3 is 5.97 Å². The molecule has 1 heterocycles. The standard InChI is InChI=1S/C16H28O8/c1-3-4-5-6-7-8-21-15-14(24-22-10-11(2)18)13(12(19)9-17)23-16(15)20/h11-13,17-19H,3-10H2,1-2H3/t11?,12-,13+/m0/s1. The van der Waals surface area contributed by atoms with Crippen molar-refractivity contribution in [3.63, 3.8) is 0 Å². The average Bonchev–Trinajstić information content (AvgIpc) is 2.86. The number of esters is 1. The van der Waals surface area contributed by atoms with E-state index in [1.807, 2.05) is 0 Å². The van der Waals surface area contributed by atoms with Crippen LogP contribution in [-0.4, -0.2) is 59.4 Å². The Morgan fingerprint density at radius 1 is 1.21 bits per heavy atom. The van der Waals surface area contributed by atoms with Crippen molar-refractivity contribution in [3.05, 3.63) is 11.5 Å². The summed E-state index contributed by atoms with van der Waals surface area (Å²) in [5, 5.41) is 28.0. The number of unbranched alkanes of at least 4 members (excludes halogenated alkanes) is 4.